The van der Waals surface area contributed by atoms with Crippen molar-refractivity contribution >= 4 is 10.4 Å². The summed E-state index contributed by atoms with van der Waals surface area (Å²) in [5, 5.41) is 0. The van der Waals surface area contributed by atoms with Crippen molar-refractivity contribution in [3.63, 3.8) is 0 Å². The van der Waals surface area contributed by atoms with Gasteiger partial charge in [-0.2, -0.15) is 83.1 Å². The Morgan fingerprint density at radius 3 is 0.900 bits per heavy atom. The molecule has 30 heavy (non-hydrogen) atoms. The van der Waals surface area contributed by atoms with Gasteiger partial charge >= 0.3 is 58.2 Å². The third kappa shape index (κ3) is 3.83. The molecule has 0 saturated heterocycles. The number of alkyl halides is 17. The Kier molecular flexibility index (Phi) is 6.52. The summed E-state index contributed by atoms with van der Waals surface area (Å²) in [6.07, 6.45) is -7.89. The summed E-state index contributed by atoms with van der Waals surface area (Å²) in [6, 6.07) is -7.54. The van der Waals surface area contributed by atoms with Gasteiger partial charge < -0.3 is 0 Å². The van der Waals surface area contributed by atoms with Crippen molar-refractivity contribution in [1.29, 1.82) is 0 Å². The van der Waals surface area contributed by atoms with E-state index in [1.165, 1.54) is 0 Å². The topological polar surface area (TPSA) is 46.2 Å². The van der Waals surface area contributed by atoms with E-state index < -0.39 is 62.9 Å². The van der Waals surface area contributed by atoms with Crippen LogP contribution in [0.1, 0.15) is 0 Å². The monoisotopic (exact) mass is 517 g/mol. The molecule has 0 aliphatic carbocycles. The van der Waals surface area contributed by atoms with E-state index in [0.29, 0.717) is 0 Å². The van der Waals surface area contributed by atoms with Crippen molar-refractivity contribution in [1.82, 2.24) is 4.72 Å². The van der Waals surface area contributed by atoms with Gasteiger partial charge in [0.2, 0.25) is 0 Å². The van der Waals surface area contributed by atoms with Crippen molar-refractivity contribution in [3.8, 4) is 0 Å². The van der Waals surface area contributed by atoms with Crippen molar-refractivity contribution in [2.45, 2.75) is 47.8 Å². The second-order valence-corrected chi connectivity index (χ2v) is 6.14. The van der Waals surface area contributed by atoms with E-state index in [2.05, 4.69) is 0 Å². The predicted molar refractivity (Wildman–Crippen MR) is 53.8 cm³/mol. The van der Waals surface area contributed by atoms with Crippen LogP contribution in [0.3, 0.4) is 0 Å². The molecule has 1 N–H and O–H groups in total. The minimum absolute atomic E-state index is 1.39. The van der Waals surface area contributed by atoms with Gasteiger partial charge in [-0.15, -0.1) is 4.72 Å². The van der Waals surface area contributed by atoms with Gasteiger partial charge in [-0.05, 0) is 0 Å². The normalized spacial score (nSPS) is 16.7. The molecule has 0 heterocycles. The lowest BCUT2D eigenvalue weighted by Gasteiger charge is -2.42. The number of hydrogen-bond acceptors (Lipinski definition) is 2. The Morgan fingerprint density at radius 1 is 0.433 bits per heavy atom. The van der Waals surface area contributed by atoms with E-state index in [1.807, 2.05) is 0 Å². The molecule has 0 aliphatic rings. The van der Waals surface area contributed by atoms with Gasteiger partial charge in [0.25, 0.3) is 0 Å². The van der Waals surface area contributed by atoms with E-state index in [1.54, 1.807) is 0 Å². The Hall–Kier alpha value is -1.35. The fourth-order valence-corrected chi connectivity index (χ4v) is 1.82. The molecule has 0 aromatic rings. The van der Waals surface area contributed by atoms with Gasteiger partial charge in [0.05, 0.1) is 0 Å². The number of nitrogens with one attached hydrogen (secondary N) is 1. The summed E-state index contributed by atoms with van der Waals surface area (Å²) in [4.78, 5) is 0. The fraction of sp³-hybridized carbons (Fsp3) is 1.00. The molecule has 0 fully saturated rings. The fourth-order valence-electron chi connectivity index (χ4n) is 1.38. The molecule has 0 aromatic carbocycles. The molecule has 0 amide bonds. The summed E-state index contributed by atoms with van der Waals surface area (Å²) < 4.78 is 246. The first-order valence-electron chi connectivity index (χ1n) is 5.90. The molecule has 0 unspecified atom stereocenters. The van der Waals surface area contributed by atoms with Crippen LogP contribution < -0.4 is 4.72 Å². The van der Waals surface area contributed by atoms with Gasteiger partial charge in [0.15, 0.2) is 0 Å². The maximum atomic E-state index is 13.1. The highest BCUT2D eigenvalue weighted by Crippen LogP contribution is 2.63. The second kappa shape index (κ2) is 6.82. The number of hydrogen-bond donors (Lipinski definition) is 1. The van der Waals surface area contributed by atoms with Crippen molar-refractivity contribution < 1.29 is 86.9 Å². The second-order valence-electron chi connectivity index (χ2n) is 5.06. The number of rotatable bonds is 8. The molecule has 3 nitrogen and oxygen atoms in total. The zero-order valence-electron chi connectivity index (χ0n) is 12.5. The van der Waals surface area contributed by atoms with Gasteiger partial charge in [-0.3, -0.25) is 0 Å². The zero-order valence-corrected chi connectivity index (χ0v) is 13.3. The highest BCUT2D eigenvalue weighted by atomic mass is 32.3. The summed E-state index contributed by atoms with van der Waals surface area (Å²) in [5.74, 6) is -51.7. The highest BCUT2D eigenvalue weighted by Gasteiger charge is 2.95. The van der Waals surface area contributed by atoms with E-state index in [9.17, 15) is 86.9 Å². The van der Waals surface area contributed by atoms with Crippen LogP contribution in [0, 0.1) is 0 Å². The van der Waals surface area contributed by atoms with Crippen LogP contribution in [0.4, 0.5) is 78.5 Å². The van der Waals surface area contributed by atoms with Gasteiger partial charge in [0, 0.05) is 0 Å². The maximum Gasteiger partial charge on any atom is 0.460 e. The van der Waals surface area contributed by atoms with Gasteiger partial charge in [-0.25, -0.2) is 0 Å². The molecule has 0 aliphatic heterocycles. The summed E-state index contributed by atoms with van der Waals surface area (Å²) >= 11 is 0. The minimum atomic E-state index is -8.87. The van der Waals surface area contributed by atoms with E-state index in [4.69, 9.17) is 0 Å². The average molecular weight is 517 g/mol. The molecule has 0 saturated carbocycles. The van der Waals surface area contributed by atoms with Crippen LogP contribution in [-0.4, -0.2) is 56.2 Å². The van der Waals surface area contributed by atoms with E-state index in [-0.39, 0.29) is 0 Å². The summed E-state index contributed by atoms with van der Waals surface area (Å²) in [6.45, 7) is 0. The Balaban J connectivity index is 6.77. The lowest BCUT2D eigenvalue weighted by Crippen LogP contribution is -2.75. The van der Waals surface area contributed by atoms with Crippen molar-refractivity contribution in [3.05, 3.63) is 0 Å². The predicted octanol–water partition coefficient (Wildman–Crippen LogP) is 4.76. The Bertz CT molecular complexity index is 751. The number of halogens is 18. The summed E-state index contributed by atoms with van der Waals surface area (Å²) in [7, 11) is -7.24. The van der Waals surface area contributed by atoms with E-state index >= 15 is 0 Å². The zero-order chi connectivity index (χ0) is 25.2. The first-order chi connectivity index (χ1) is 12.5. The van der Waals surface area contributed by atoms with Gasteiger partial charge in [-0.1, -0.05) is 3.89 Å². The molecular weight excluding hydrogens is 516 g/mol. The van der Waals surface area contributed by atoms with Crippen LogP contribution in [0.5, 0.6) is 0 Å². The third-order valence-corrected chi connectivity index (χ3v) is 3.47. The first kappa shape index (κ1) is 28.6. The lowest BCUT2D eigenvalue weighted by molar-refractivity contribution is -0.462. The highest BCUT2D eigenvalue weighted by molar-refractivity contribution is 7.84. The molecule has 0 spiro atoms. The van der Waals surface area contributed by atoms with Crippen LogP contribution in [0.15, 0.2) is 0 Å². The van der Waals surface area contributed by atoms with Crippen molar-refractivity contribution in [2.75, 3.05) is 0 Å². The van der Waals surface area contributed by atoms with Crippen molar-refractivity contribution in [2.24, 2.45) is 0 Å². The van der Waals surface area contributed by atoms with E-state index in [0.717, 1.165) is 0 Å². The van der Waals surface area contributed by atoms with Crippen LogP contribution in [0.2, 0.25) is 0 Å². The molecule has 0 atom stereocenters. The SMILES string of the molecule is O=S(=O)(F)NC(F)(F)C(F)(F)C(F)(F)C(F)(F)C(F)(F)C(F)(F)C(F)(F)C(F)(F)F. The smallest absolute Gasteiger partial charge is 0.192 e. The molecular formula is C8HF18NO2S. The lowest BCUT2D eigenvalue weighted by atomic mass is 9.90. The molecule has 0 rings (SSSR count). The van der Waals surface area contributed by atoms with Crippen LogP contribution in [-0.2, 0) is 10.4 Å². The Morgan fingerprint density at radius 2 is 0.667 bits per heavy atom. The molecule has 0 bridgehead atoms. The Labute approximate surface area is 151 Å². The molecule has 182 valence electrons. The standard InChI is InChI=1S/C8HF18NO2S/c9-1(10,3(13,14)5(17,18)7(21,22)23)2(11,12)4(15,16)6(19,20)8(24,25)27-30(26,28)29/h27H. The molecule has 0 aromatic heterocycles. The maximum absolute atomic E-state index is 13.1. The van der Waals surface area contributed by atoms with Crippen LogP contribution in [0.25, 0.3) is 0 Å². The molecule has 0 radical (unpaired) electrons. The van der Waals surface area contributed by atoms with Gasteiger partial charge in [0.1, 0.15) is 0 Å². The first-order valence-corrected chi connectivity index (χ1v) is 7.29. The van der Waals surface area contributed by atoms with Crippen LogP contribution >= 0.6 is 0 Å². The molecule has 22 heteroatoms. The minimum Gasteiger partial charge on any atom is -0.192 e. The largest absolute Gasteiger partial charge is 0.460 e. The third-order valence-electron chi connectivity index (χ3n) is 2.97. The average Bonchev–Trinajstić information content (AvgIpc) is 2.41. The quantitative estimate of drug-likeness (QED) is 0.287. The summed E-state index contributed by atoms with van der Waals surface area (Å²) in [5.41, 5.74) is 0.